The normalized spacial score (nSPS) is 24.4. The van der Waals surface area contributed by atoms with E-state index in [0.717, 1.165) is 24.7 Å². The molecule has 0 saturated carbocycles. The molecular weight excluding hydrogens is 375 g/mol. The number of carbonyl (C=O) groups excluding carboxylic acids is 1. The molecule has 9 nitrogen and oxygen atoms in total. The molecule has 1 aromatic rings. The van der Waals surface area contributed by atoms with Gasteiger partial charge >= 0.3 is 7.12 Å². The number of hydrogen-bond acceptors (Lipinski definition) is 8. The number of amides is 1. The van der Waals surface area contributed by atoms with Crippen LogP contribution in [-0.4, -0.2) is 81.2 Å². The van der Waals surface area contributed by atoms with E-state index in [-0.39, 0.29) is 6.04 Å². The van der Waals surface area contributed by atoms with Crippen LogP contribution >= 0.6 is 0 Å². The topological polar surface area (TPSA) is 117 Å². The van der Waals surface area contributed by atoms with Crippen LogP contribution in [0.3, 0.4) is 0 Å². The minimum absolute atomic E-state index is 0.0798. The van der Waals surface area contributed by atoms with Crippen LogP contribution in [0.1, 0.15) is 47.0 Å². The number of aliphatic hydroxyl groups excluding tert-OH is 2. The molecule has 0 radical (unpaired) electrons. The maximum Gasteiger partial charge on any atom is 0.498 e. The average molecular weight is 406 g/mol. The molecular formula is C19H31BN4O5. The Morgan fingerprint density at radius 1 is 1.28 bits per heavy atom. The van der Waals surface area contributed by atoms with Crippen molar-refractivity contribution in [3.63, 3.8) is 0 Å². The van der Waals surface area contributed by atoms with Gasteiger partial charge < -0.3 is 29.7 Å². The molecule has 0 spiro atoms. The van der Waals surface area contributed by atoms with Crippen LogP contribution in [0.5, 0.6) is 0 Å². The molecule has 160 valence electrons. The lowest BCUT2D eigenvalue weighted by Gasteiger charge is -2.36. The zero-order valence-corrected chi connectivity index (χ0v) is 17.6. The van der Waals surface area contributed by atoms with Gasteiger partial charge in [-0.3, -0.25) is 4.79 Å². The van der Waals surface area contributed by atoms with Gasteiger partial charge in [0.25, 0.3) is 5.91 Å². The van der Waals surface area contributed by atoms with Crippen LogP contribution in [0.25, 0.3) is 0 Å². The number of nitrogens with zero attached hydrogens (tertiary/aromatic N) is 3. The van der Waals surface area contributed by atoms with Crippen molar-refractivity contribution < 1.29 is 24.3 Å². The fourth-order valence-corrected chi connectivity index (χ4v) is 3.51. The largest absolute Gasteiger partial charge is 0.498 e. The quantitative estimate of drug-likeness (QED) is 0.562. The molecule has 1 aromatic heterocycles. The molecule has 2 aliphatic rings. The highest BCUT2D eigenvalue weighted by molar-refractivity contribution is 6.61. The van der Waals surface area contributed by atoms with Gasteiger partial charge in [0.15, 0.2) is 6.10 Å². The minimum Gasteiger partial charge on any atom is -0.399 e. The van der Waals surface area contributed by atoms with Crippen molar-refractivity contribution in [2.45, 2.75) is 70.3 Å². The van der Waals surface area contributed by atoms with Crippen LogP contribution in [0.4, 0.5) is 5.95 Å². The van der Waals surface area contributed by atoms with Crippen molar-refractivity contribution in [3.8, 4) is 0 Å². The number of anilines is 1. The monoisotopic (exact) mass is 406 g/mol. The van der Waals surface area contributed by atoms with Gasteiger partial charge in [-0.1, -0.05) is 0 Å². The second-order valence-electron chi connectivity index (χ2n) is 8.69. The summed E-state index contributed by atoms with van der Waals surface area (Å²) >= 11 is 0. The summed E-state index contributed by atoms with van der Waals surface area (Å²) in [6.45, 7) is 8.45. The number of hydrogen-bond donors (Lipinski definition) is 3. The molecule has 0 aromatic carbocycles. The zero-order valence-electron chi connectivity index (χ0n) is 17.6. The zero-order chi connectivity index (χ0) is 21.2. The number of aliphatic hydroxyl groups is 2. The van der Waals surface area contributed by atoms with E-state index >= 15 is 0 Å². The van der Waals surface area contributed by atoms with Crippen molar-refractivity contribution in [2.24, 2.45) is 0 Å². The maximum atomic E-state index is 12.3. The maximum absolute atomic E-state index is 12.3. The molecule has 10 heteroatoms. The van der Waals surface area contributed by atoms with E-state index in [4.69, 9.17) is 14.4 Å². The van der Waals surface area contributed by atoms with Crippen LogP contribution in [-0.2, 0) is 14.1 Å². The Morgan fingerprint density at radius 3 is 2.48 bits per heavy atom. The summed E-state index contributed by atoms with van der Waals surface area (Å²) in [7, 11) is -0.513. The Labute approximate surface area is 172 Å². The summed E-state index contributed by atoms with van der Waals surface area (Å²) < 4.78 is 12.0. The van der Waals surface area contributed by atoms with Crippen molar-refractivity contribution in [2.75, 3.05) is 25.0 Å². The first-order chi connectivity index (χ1) is 13.6. The molecule has 3 heterocycles. The van der Waals surface area contributed by atoms with Crippen LogP contribution in [0.15, 0.2) is 12.4 Å². The molecule has 2 aliphatic heterocycles. The first-order valence-corrected chi connectivity index (χ1v) is 10.2. The van der Waals surface area contributed by atoms with E-state index in [1.807, 2.05) is 27.7 Å². The summed E-state index contributed by atoms with van der Waals surface area (Å²) in [5.74, 6) is 0.0157. The lowest BCUT2D eigenvalue weighted by molar-refractivity contribution is -0.145. The third kappa shape index (κ3) is 4.71. The molecule has 3 N–H and O–H groups in total. The Bertz CT molecular complexity index is 699. The summed E-state index contributed by atoms with van der Waals surface area (Å²) in [5, 5.41) is 21.9. The summed E-state index contributed by atoms with van der Waals surface area (Å²) in [4.78, 5) is 22.6. The first-order valence-electron chi connectivity index (χ1n) is 10.2. The van der Waals surface area contributed by atoms with Gasteiger partial charge in [-0.25, -0.2) is 9.97 Å². The highest BCUT2D eigenvalue weighted by Crippen LogP contribution is 2.36. The van der Waals surface area contributed by atoms with Crippen molar-refractivity contribution >= 4 is 24.4 Å². The fraction of sp³-hybridized carbons (Fsp3) is 0.737. The number of nitrogens with one attached hydrogen (secondary N) is 1. The second kappa shape index (κ2) is 8.55. The standard InChI is InChI=1S/C19H31BN4O5/c1-18(2)19(3,4)29-20(28-18)13-9-21-17(22-10-13)23-11-14-7-5-6-8-24(14)16(27)15(26)12-25/h9-10,14-15,25-26H,5-8,11-12H2,1-4H3,(H,21,22,23). The molecule has 29 heavy (non-hydrogen) atoms. The summed E-state index contributed by atoms with van der Waals surface area (Å²) in [5.41, 5.74) is -0.107. The Balaban J connectivity index is 1.59. The van der Waals surface area contributed by atoms with Gasteiger partial charge in [0.05, 0.1) is 17.8 Å². The Morgan fingerprint density at radius 2 is 1.90 bits per heavy atom. The number of rotatable bonds is 6. The molecule has 2 saturated heterocycles. The van der Waals surface area contributed by atoms with Gasteiger partial charge in [0, 0.05) is 37.0 Å². The van der Waals surface area contributed by atoms with E-state index in [0.29, 0.717) is 19.0 Å². The van der Waals surface area contributed by atoms with Crippen LogP contribution < -0.4 is 10.8 Å². The molecule has 2 unspecified atom stereocenters. The van der Waals surface area contributed by atoms with Gasteiger partial charge in [-0.15, -0.1) is 0 Å². The van der Waals surface area contributed by atoms with Crippen molar-refractivity contribution in [3.05, 3.63) is 12.4 Å². The molecule has 0 bridgehead atoms. The second-order valence-corrected chi connectivity index (χ2v) is 8.69. The molecule has 2 atom stereocenters. The smallest absolute Gasteiger partial charge is 0.399 e. The summed E-state index contributed by atoms with van der Waals surface area (Å²) in [6.07, 6.45) is 4.70. The molecule has 2 fully saturated rings. The third-order valence-electron chi connectivity index (χ3n) is 6.06. The molecule has 3 rings (SSSR count). The molecule has 1 amide bonds. The van der Waals surface area contributed by atoms with Crippen molar-refractivity contribution in [1.29, 1.82) is 0 Å². The highest BCUT2D eigenvalue weighted by atomic mass is 16.7. The van der Waals surface area contributed by atoms with E-state index in [9.17, 15) is 9.90 Å². The lowest BCUT2D eigenvalue weighted by Crippen LogP contribution is -2.51. The SMILES string of the molecule is CC1(C)OB(c2cnc(NCC3CCCCN3C(=O)C(O)CO)nc2)OC1(C)C. The minimum atomic E-state index is -1.37. The van der Waals surface area contributed by atoms with Gasteiger partial charge in [-0.05, 0) is 47.0 Å². The van der Waals surface area contributed by atoms with E-state index in [1.54, 1.807) is 17.3 Å². The Hall–Kier alpha value is -1.75. The van der Waals surface area contributed by atoms with E-state index in [1.165, 1.54) is 0 Å². The average Bonchev–Trinajstić information content (AvgIpc) is 2.93. The number of piperidine rings is 1. The number of carbonyl (C=O) groups is 1. The predicted octanol–water partition coefficient (Wildman–Crippen LogP) is -0.0780. The van der Waals surface area contributed by atoms with E-state index < -0.39 is 36.9 Å². The lowest BCUT2D eigenvalue weighted by atomic mass is 9.81. The first kappa shape index (κ1) is 22.0. The molecule has 0 aliphatic carbocycles. The van der Waals surface area contributed by atoms with Crippen LogP contribution in [0, 0.1) is 0 Å². The Kier molecular flexibility index (Phi) is 6.47. The fourth-order valence-electron chi connectivity index (χ4n) is 3.51. The third-order valence-corrected chi connectivity index (χ3v) is 6.06. The van der Waals surface area contributed by atoms with Gasteiger partial charge in [0.1, 0.15) is 0 Å². The predicted molar refractivity (Wildman–Crippen MR) is 109 cm³/mol. The number of aromatic nitrogens is 2. The van der Waals surface area contributed by atoms with E-state index in [2.05, 4.69) is 15.3 Å². The number of likely N-dealkylation sites (tertiary alicyclic amines) is 1. The van der Waals surface area contributed by atoms with Crippen molar-refractivity contribution in [1.82, 2.24) is 14.9 Å². The summed E-state index contributed by atoms with van der Waals surface area (Å²) in [6, 6.07) is -0.0798. The van der Waals surface area contributed by atoms with Gasteiger partial charge in [0.2, 0.25) is 5.95 Å². The van der Waals surface area contributed by atoms with Gasteiger partial charge in [-0.2, -0.15) is 0 Å². The highest BCUT2D eigenvalue weighted by Gasteiger charge is 2.52. The van der Waals surface area contributed by atoms with Crippen LogP contribution in [0.2, 0.25) is 0 Å².